The van der Waals surface area contributed by atoms with Gasteiger partial charge in [0.25, 0.3) is 5.91 Å². The second-order valence-corrected chi connectivity index (χ2v) is 8.51. The van der Waals surface area contributed by atoms with Crippen molar-refractivity contribution in [2.45, 2.75) is 18.1 Å². The molecule has 0 fully saturated rings. The van der Waals surface area contributed by atoms with E-state index in [-0.39, 0.29) is 24.2 Å². The van der Waals surface area contributed by atoms with Crippen LogP contribution in [0.3, 0.4) is 0 Å². The fourth-order valence-electron chi connectivity index (χ4n) is 3.01. The number of hydrogen-bond acceptors (Lipinski definition) is 7. The molecule has 2 aromatic carbocycles. The molecule has 9 nitrogen and oxygen atoms in total. The third-order valence-corrected chi connectivity index (χ3v) is 6.07. The molecule has 2 amide bonds. The van der Waals surface area contributed by atoms with Gasteiger partial charge in [-0.1, -0.05) is 23.4 Å². The summed E-state index contributed by atoms with van der Waals surface area (Å²) in [6.45, 7) is 1.49. The van der Waals surface area contributed by atoms with Crippen LogP contribution in [0.5, 0.6) is 5.75 Å². The van der Waals surface area contributed by atoms with Crippen molar-refractivity contribution in [1.29, 1.82) is 0 Å². The van der Waals surface area contributed by atoms with Gasteiger partial charge in [-0.25, -0.2) is 0 Å². The summed E-state index contributed by atoms with van der Waals surface area (Å²) in [4.78, 5) is 24.9. The Balaban J connectivity index is 1.61. The summed E-state index contributed by atoms with van der Waals surface area (Å²) in [7, 11) is 3.25. The number of ether oxygens (including phenoxy) is 1. The molecule has 3 aromatic rings. The van der Waals surface area contributed by atoms with Crippen molar-refractivity contribution >= 4 is 40.9 Å². The van der Waals surface area contributed by atoms with Crippen molar-refractivity contribution < 1.29 is 19.4 Å². The quantitative estimate of drug-likeness (QED) is 0.395. The summed E-state index contributed by atoms with van der Waals surface area (Å²) < 4.78 is 6.73. The van der Waals surface area contributed by atoms with Gasteiger partial charge in [0.1, 0.15) is 11.8 Å². The number of carbonyl (C=O) groups is 2. The standard InChI is InChI=1S/C22H24ClN5O4S/c1-13-10-15(23)6-9-17(13)24-19(30)12-33-22-27-26-20(28(22)2)18(11-29)25-21(31)14-4-7-16(32-3)8-5-14/h4-10,18,29H,11-12H2,1-3H3,(H,24,30)(H,25,31). The van der Waals surface area contributed by atoms with Crippen LogP contribution >= 0.6 is 23.4 Å². The number of carbonyl (C=O) groups excluding carboxylic acids is 2. The maximum atomic E-state index is 12.6. The summed E-state index contributed by atoms with van der Waals surface area (Å²) in [5.41, 5.74) is 1.96. The third kappa shape index (κ3) is 6.25. The summed E-state index contributed by atoms with van der Waals surface area (Å²) >= 11 is 7.14. The number of hydrogen-bond donors (Lipinski definition) is 3. The number of anilines is 1. The number of nitrogens with one attached hydrogen (secondary N) is 2. The highest BCUT2D eigenvalue weighted by Gasteiger charge is 2.22. The minimum atomic E-state index is -0.767. The zero-order valence-electron chi connectivity index (χ0n) is 18.3. The molecule has 0 aliphatic rings. The number of aliphatic hydroxyl groups excluding tert-OH is 1. The zero-order chi connectivity index (χ0) is 24.0. The van der Waals surface area contributed by atoms with Crippen LogP contribution < -0.4 is 15.4 Å². The molecule has 0 saturated carbocycles. The largest absolute Gasteiger partial charge is 0.497 e. The van der Waals surface area contributed by atoms with Crippen LogP contribution in [0.4, 0.5) is 5.69 Å². The Bertz CT molecular complexity index is 1140. The summed E-state index contributed by atoms with van der Waals surface area (Å²) in [5.74, 6) is 0.537. The number of rotatable bonds is 9. The number of amides is 2. The van der Waals surface area contributed by atoms with Crippen molar-refractivity contribution in [3.63, 3.8) is 0 Å². The van der Waals surface area contributed by atoms with Gasteiger partial charge < -0.3 is 25.0 Å². The van der Waals surface area contributed by atoms with E-state index in [1.54, 1.807) is 61.2 Å². The molecular formula is C22H24ClN5O4S. The van der Waals surface area contributed by atoms with E-state index in [2.05, 4.69) is 20.8 Å². The van der Waals surface area contributed by atoms with E-state index in [9.17, 15) is 14.7 Å². The lowest BCUT2D eigenvalue weighted by atomic mass is 10.2. The van der Waals surface area contributed by atoms with Gasteiger partial charge in [0, 0.05) is 23.3 Å². The Hall–Kier alpha value is -3.08. The predicted octanol–water partition coefficient (Wildman–Crippen LogP) is 2.98. The maximum Gasteiger partial charge on any atom is 0.251 e. The Labute approximate surface area is 200 Å². The normalized spacial score (nSPS) is 11.7. The molecule has 1 aromatic heterocycles. The first-order valence-corrected chi connectivity index (χ1v) is 11.3. The van der Waals surface area contributed by atoms with Crippen LogP contribution in [0.15, 0.2) is 47.6 Å². The van der Waals surface area contributed by atoms with Gasteiger partial charge in [-0.2, -0.15) is 0 Å². The Morgan fingerprint density at radius 2 is 1.94 bits per heavy atom. The first-order valence-electron chi connectivity index (χ1n) is 9.96. The molecule has 0 spiro atoms. The van der Waals surface area contributed by atoms with E-state index >= 15 is 0 Å². The molecule has 1 atom stereocenters. The van der Waals surface area contributed by atoms with Crippen LogP contribution in [0.25, 0.3) is 0 Å². The Kier molecular flexibility index (Phi) is 8.32. The Morgan fingerprint density at radius 3 is 2.58 bits per heavy atom. The van der Waals surface area contributed by atoms with Crippen LogP contribution in [0, 0.1) is 6.92 Å². The fraction of sp³-hybridized carbons (Fsp3) is 0.273. The van der Waals surface area contributed by atoms with E-state index in [0.717, 1.165) is 5.56 Å². The number of methoxy groups -OCH3 is 1. The molecular weight excluding hydrogens is 466 g/mol. The van der Waals surface area contributed by atoms with E-state index < -0.39 is 6.04 Å². The van der Waals surface area contributed by atoms with Gasteiger partial charge in [-0.3, -0.25) is 9.59 Å². The highest BCUT2D eigenvalue weighted by atomic mass is 35.5. The van der Waals surface area contributed by atoms with E-state index in [1.807, 2.05) is 6.92 Å². The van der Waals surface area contributed by atoms with Gasteiger partial charge >= 0.3 is 0 Å². The molecule has 3 N–H and O–H groups in total. The van der Waals surface area contributed by atoms with E-state index in [4.69, 9.17) is 16.3 Å². The fourth-order valence-corrected chi connectivity index (χ4v) is 3.96. The molecule has 1 unspecified atom stereocenters. The van der Waals surface area contributed by atoms with Gasteiger partial charge in [-0.15, -0.1) is 10.2 Å². The molecule has 33 heavy (non-hydrogen) atoms. The second-order valence-electron chi connectivity index (χ2n) is 7.13. The molecule has 3 rings (SSSR count). The average molecular weight is 490 g/mol. The predicted molar refractivity (Wildman–Crippen MR) is 127 cm³/mol. The highest BCUT2D eigenvalue weighted by molar-refractivity contribution is 7.99. The molecule has 0 aliphatic carbocycles. The molecule has 0 bridgehead atoms. The number of halogens is 1. The molecule has 1 heterocycles. The van der Waals surface area contributed by atoms with Crippen molar-refractivity contribution in [1.82, 2.24) is 20.1 Å². The number of benzene rings is 2. The van der Waals surface area contributed by atoms with Gasteiger partial charge in [0.05, 0.1) is 19.5 Å². The maximum absolute atomic E-state index is 12.6. The lowest BCUT2D eigenvalue weighted by Gasteiger charge is -2.16. The van der Waals surface area contributed by atoms with Crippen LogP contribution in [0.1, 0.15) is 27.8 Å². The highest BCUT2D eigenvalue weighted by Crippen LogP contribution is 2.22. The molecule has 0 saturated heterocycles. The first kappa shape index (κ1) is 24.6. The number of thioether (sulfide) groups is 1. The summed E-state index contributed by atoms with van der Waals surface area (Å²) in [6, 6.07) is 11.1. The molecule has 0 radical (unpaired) electrons. The second kappa shape index (κ2) is 11.2. The molecule has 11 heteroatoms. The average Bonchev–Trinajstić information content (AvgIpc) is 3.18. The summed E-state index contributed by atoms with van der Waals surface area (Å²) in [6.07, 6.45) is 0. The SMILES string of the molecule is COc1ccc(C(=O)NC(CO)c2nnc(SCC(=O)Nc3ccc(Cl)cc3C)n2C)cc1. The number of aryl methyl sites for hydroxylation is 1. The van der Waals surface area contributed by atoms with Crippen molar-refractivity contribution in [3.05, 3.63) is 64.4 Å². The van der Waals surface area contributed by atoms with Crippen LogP contribution in [-0.4, -0.2) is 51.2 Å². The van der Waals surface area contributed by atoms with Gasteiger partial charge in [-0.05, 0) is 55.0 Å². The number of aromatic nitrogens is 3. The lowest BCUT2D eigenvalue weighted by molar-refractivity contribution is -0.113. The van der Waals surface area contributed by atoms with Gasteiger partial charge in [0.15, 0.2) is 11.0 Å². The monoisotopic (exact) mass is 489 g/mol. The third-order valence-electron chi connectivity index (χ3n) is 4.82. The number of aliphatic hydroxyl groups is 1. The van der Waals surface area contributed by atoms with Crippen molar-refractivity contribution in [3.8, 4) is 5.75 Å². The zero-order valence-corrected chi connectivity index (χ0v) is 19.9. The van der Waals surface area contributed by atoms with Crippen molar-refractivity contribution in [2.24, 2.45) is 7.05 Å². The van der Waals surface area contributed by atoms with Crippen molar-refractivity contribution in [2.75, 3.05) is 24.8 Å². The van der Waals surface area contributed by atoms with Crippen LogP contribution in [0.2, 0.25) is 5.02 Å². The molecule has 174 valence electrons. The molecule has 0 aliphatic heterocycles. The van der Waals surface area contributed by atoms with E-state index in [0.29, 0.717) is 33.0 Å². The minimum absolute atomic E-state index is 0.107. The smallest absolute Gasteiger partial charge is 0.251 e. The van der Waals surface area contributed by atoms with E-state index in [1.165, 1.54) is 11.8 Å². The topological polar surface area (TPSA) is 118 Å². The number of nitrogens with zero attached hydrogens (tertiary/aromatic N) is 3. The first-order chi connectivity index (χ1) is 15.8. The summed E-state index contributed by atoms with van der Waals surface area (Å²) in [5, 5.41) is 24.7. The van der Waals surface area contributed by atoms with Gasteiger partial charge in [0.2, 0.25) is 5.91 Å². The lowest BCUT2D eigenvalue weighted by Crippen LogP contribution is -2.32. The Morgan fingerprint density at radius 1 is 1.21 bits per heavy atom. The van der Waals surface area contributed by atoms with Crippen LogP contribution in [-0.2, 0) is 11.8 Å². The minimum Gasteiger partial charge on any atom is -0.497 e.